The molecule has 2 aromatic rings. The normalized spacial score (nSPS) is 11.5. The summed E-state index contributed by atoms with van der Waals surface area (Å²) < 4.78 is 26.9. The number of likely N-dealkylation sites (N-methyl/N-ethyl adjacent to an activating group) is 1. The first-order chi connectivity index (χ1) is 10.0. The maximum absolute atomic E-state index is 12.2. The minimum Gasteiger partial charge on any atom is -0.317 e. The molecule has 0 aliphatic carbocycles. The Labute approximate surface area is 129 Å². The second-order valence-corrected chi connectivity index (χ2v) is 7.19. The van der Waals surface area contributed by atoms with E-state index < -0.39 is 10.0 Å². The molecule has 1 aromatic carbocycles. The molecule has 1 heterocycles. The van der Waals surface area contributed by atoms with Gasteiger partial charge in [-0.15, -0.1) is 11.3 Å². The van der Waals surface area contributed by atoms with Crippen LogP contribution in [-0.2, 0) is 16.4 Å². The minimum absolute atomic E-state index is 0.252. The highest BCUT2D eigenvalue weighted by molar-refractivity contribution is 7.93. The third kappa shape index (κ3) is 4.52. The largest absolute Gasteiger partial charge is 0.317 e. The summed E-state index contributed by atoms with van der Waals surface area (Å²) in [6.07, 6.45) is 0.882. The van der Waals surface area contributed by atoms with Crippen molar-refractivity contribution in [1.82, 2.24) is 10.3 Å². The minimum atomic E-state index is -3.56. The highest BCUT2D eigenvalue weighted by Gasteiger charge is 2.15. The number of benzene rings is 1. The van der Waals surface area contributed by atoms with Crippen LogP contribution in [0.1, 0.15) is 18.2 Å². The van der Waals surface area contributed by atoms with Gasteiger partial charge in [-0.3, -0.25) is 4.72 Å². The van der Waals surface area contributed by atoms with Gasteiger partial charge in [0.05, 0.1) is 10.6 Å². The number of aromatic nitrogens is 1. The molecule has 1 aromatic heterocycles. The molecule has 114 valence electrons. The van der Waals surface area contributed by atoms with E-state index in [1.54, 1.807) is 12.1 Å². The van der Waals surface area contributed by atoms with E-state index in [1.807, 2.05) is 24.4 Å². The maximum Gasteiger partial charge on any atom is 0.263 e. The fourth-order valence-electron chi connectivity index (χ4n) is 1.82. The third-order valence-electron chi connectivity index (χ3n) is 2.91. The molecule has 0 spiro atoms. The van der Waals surface area contributed by atoms with Crippen LogP contribution >= 0.6 is 11.3 Å². The molecule has 2 N–H and O–H groups in total. The molecule has 0 fully saturated rings. The average molecular weight is 325 g/mol. The van der Waals surface area contributed by atoms with Gasteiger partial charge in [0.25, 0.3) is 10.0 Å². The van der Waals surface area contributed by atoms with Crippen LogP contribution < -0.4 is 10.0 Å². The number of anilines is 1. The predicted octanol–water partition coefficient (Wildman–Crippen LogP) is 2.40. The molecule has 0 saturated carbocycles. The summed E-state index contributed by atoms with van der Waals surface area (Å²) in [7, 11) is -3.56. The Morgan fingerprint density at radius 2 is 1.95 bits per heavy atom. The summed E-state index contributed by atoms with van der Waals surface area (Å²) >= 11 is 1.28. The lowest BCUT2D eigenvalue weighted by Crippen LogP contribution is -2.16. The Bertz CT molecular complexity index is 678. The Kier molecular flexibility index (Phi) is 5.33. The van der Waals surface area contributed by atoms with E-state index in [2.05, 4.69) is 21.9 Å². The van der Waals surface area contributed by atoms with Crippen molar-refractivity contribution < 1.29 is 8.42 Å². The number of nitrogens with one attached hydrogen (secondary N) is 2. The lowest BCUT2D eigenvalue weighted by atomic mass is 10.1. The van der Waals surface area contributed by atoms with Crippen molar-refractivity contribution in [3.05, 3.63) is 40.9 Å². The van der Waals surface area contributed by atoms with Crippen LogP contribution in [-0.4, -0.2) is 26.5 Å². The summed E-state index contributed by atoms with van der Waals surface area (Å²) in [5, 5.41) is 5.44. The molecule has 0 radical (unpaired) electrons. The predicted molar refractivity (Wildman–Crippen MR) is 86.3 cm³/mol. The van der Waals surface area contributed by atoms with E-state index in [-0.39, 0.29) is 4.90 Å². The third-order valence-corrected chi connectivity index (χ3v) is 5.27. The van der Waals surface area contributed by atoms with Crippen molar-refractivity contribution >= 4 is 26.5 Å². The molecular formula is C14H19N3O2S2. The van der Waals surface area contributed by atoms with Crippen molar-refractivity contribution in [2.24, 2.45) is 0 Å². The highest BCUT2D eigenvalue weighted by Crippen LogP contribution is 2.20. The van der Waals surface area contributed by atoms with Gasteiger partial charge in [0.15, 0.2) is 5.13 Å². The Morgan fingerprint density at radius 1 is 1.24 bits per heavy atom. The van der Waals surface area contributed by atoms with Gasteiger partial charge in [-0.2, -0.15) is 0 Å². The zero-order chi connectivity index (χ0) is 15.3. The van der Waals surface area contributed by atoms with E-state index in [1.165, 1.54) is 11.3 Å². The van der Waals surface area contributed by atoms with Crippen LogP contribution in [0.4, 0.5) is 5.13 Å². The number of thiazole rings is 1. The second kappa shape index (κ2) is 7.02. The molecule has 0 atom stereocenters. The van der Waals surface area contributed by atoms with Gasteiger partial charge >= 0.3 is 0 Å². The van der Waals surface area contributed by atoms with Gasteiger partial charge in [0, 0.05) is 5.38 Å². The first-order valence-electron chi connectivity index (χ1n) is 6.76. The SMILES string of the molecule is CCNCCc1ccc(S(=O)(=O)Nc2nc(C)cs2)cc1. The van der Waals surface area contributed by atoms with E-state index in [0.29, 0.717) is 5.13 Å². The quantitative estimate of drug-likeness (QED) is 0.767. The van der Waals surface area contributed by atoms with Crippen molar-refractivity contribution in [3.63, 3.8) is 0 Å². The van der Waals surface area contributed by atoms with E-state index in [9.17, 15) is 8.42 Å². The van der Waals surface area contributed by atoms with E-state index >= 15 is 0 Å². The van der Waals surface area contributed by atoms with Gasteiger partial charge in [-0.25, -0.2) is 13.4 Å². The second-order valence-electron chi connectivity index (χ2n) is 4.65. The molecule has 0 aliphatic heterocycles. The van der Waals surface area contributed by atoms with Crippen molar-refractivity contribution in [3.8, 4) is 0 Å². The summed E-state index contributed by atoms with van der Waals surface area (Å²) in [4.78, 5) is 4.36. The fraction of sp³-hybridized carbons (Fsp3) is 0.357. The summed E-state index contributed by atoms with van der Waals surface area (Å²) in [6, 6.07) is 6.95. The zero-order valence-corrected chi connectivity index (χ0v) is 13.7. The monoisotopic (exact) mass is 325 g/mol. The summed E-state index contributed by atoms with van der Waals surface area (Å²) in [5.74, 6) is 0. The molecule has 2 rings (SSSR count). The van der Waals surface area contributed by atoms with E-state index in [0.717, 1.165) is 30.8 Å². The van der Waals surface area contributed by atoms with Crippen LogP contribution in [0.25, 0.3) is 0 Å². The molecular weight excluding hydrogens is 306 g/mol. The Balaban J connectivity index is 2.06. The van der Waals surface area contributed by atoms with Crippen molar-refractivity contribution in [1.29, 1.82) is 0 Å². The van der Waals surface area contributed by atoms with Crippen LogP contribution in [0.15, 0.2) is 34.5 Å². The number of sulfonamides is 1. The van der Waals surface area contributed by atoms with Crippen LogP contribution in [0.2, 0.25) is 0 Å². The van der Waals surface area contributed by atoms with Crippen LogP contribution in [0.3, 0.4) is 0 Å². The molecule has 0 aliphatic rings. The van der Waals surface area contributed by atoms with Crippen molar-refractivity contribution in [2.75, 3.05) is 17.8 Å². The summed E-state index contributed by atoms with van der Waals surface area (Å²) in [5.41, 5.74) is 1.91. The molecule has 7 heteroatoms. The van der Waals surface area contributed by atoms with Gasteiger partial charge in [0.2, 0.25) is 0 Å². The highest BCUT2D eigenvalue weighted by atomic mass is 32.2. The lowest BCUT2D eigenvalue weighted by Gasteiger charge is -2.07. The topological polar surface area (TPSA) is 71.1 Å². The fourth-order valence-corrected chi connectivity index (χ4v) is 3.76. The van der Waals surface area contributed by atoms with Gasteiger partial charge in [-0.05, 0) is 44.1 Å². The number of hydrogen-bond donors (Lipinski definition) is 2. The number of aryl methyl sites for hydroxylation is 1. The molecule has 0 saturated heterocycles. The standard InChI is InChI=1S/C14H19N3O2S2/c1-3-15-9-8-12-4-6-13(7-5-12)21(18,19)17-14-16-11(2)10-20-14/h4-7,10,15H,3,8-9H2,1-2H3,(H,16,17). The van der Waals surface area contributed by atoms with Crippen LogP contribution in [0, 0.1) is 6.92 Å². The molecule has 0 amide bonds. The number of nitrogens with zero attached hydrogens (tertiary/aromatic N) is 1. The zero-order valence-electron chi connectivity index (χ0n) is 12.1. The Morgan fingerprint density at radius 3 is 2.52 bits per heavy atom. The van der Waals surface area contributed by atoms with Gasteiger partial charge in [-0.1, -0.05) is 19.1 Å². The first kappa shape index (κ1) is 15.9. The van der Waals surface area contributed by atoms with Crippen molar-refractivity contribution in [2.45, 2.75) is 25.2 Å². The molecule has 21 heavy (non-hydrogen) atoms. The number of hydrogen-bond acceptors (Lipinski definition) is 5. The maximum atomic E-state index is 12.2. The first-order valence-corrected chi connectivity index (χ1v) is 9.12. The van der Waals surface area contributed by atoms with Gasteiger partial charge < -0.3 is 5.32 Å². The molecule has 5 nitrogen and oxygen atoms in total. The van der Waals surface area contributed by atoms with Gasteiger partial charge in [0.1, 0.15) is 0 Å². The smallest absolute Gasteiger partial charge is 0.263 e. The van der Waals surface area contributed by atoms with Crippen LogP contribution in [0.5, 0.6) is 0 Å². The summed E-state index contributed by atoms with van der Waals surface area (Å²) in [6.45, 7) is 5.71. The average Bonchev–Trinajstić information content (AvgIpc) is 2.84. The van der Waals surface area contributed by atoms with E-state index in [4.69, 9.17) is 0 Å². The molecule has 0 bridgehead atoms. The number of rotatable bonds is 7. The Hall–Kier alpha value is -1.44. The molecule has 0 unspecified atom stereocenters. The lowest BCUT2D eigenvalue weighted by molar-refractivity contribution is 0.601.